The lowest BCUT2D eigenvalue weighted by atomic mass is 9.98. The van der Waals surface area contributed by atoms with Crippen LogP contribution in [0.2, 0.25) is 0 Å². The van der Waals surface area contributed by atoms with Gasteiger partial charge in [-0.1, -0.05) is 0 Å². The Kier molecular flexibility index (Phi) is 3.89. The van der Waals surface area contributed by atoms with Gasteiger partial charge in [-0.15, -0.1) is 0 Å². The molecule has 0 saturated carbocycles. The van der Waals surface area contributed by atoms with E-state index in [2.05, 4.69) is 21.3 Å². The van der Waals surface area contributed by atoms with Crippen LogP contribution in [0.25, 0.3) is 11.2 Å². The van der Waals surface area contributed by atoms with Gasteiger partial charge in [0, 0.05) is 12.6 Å². The molecular weight excluding hydrogens is 294 g/mol. The second kappa shape index (κ2) is 6.16. The summed E-state index contributed by atoms with van der Waals surface area (Å²) in [6, 6.07) is 7.94. The molecule has 22 heavy (non-hydrogen) atoms. The fraction of sp³-hybridized carbons (Fsp3) is 0.412. The predicted molar refractivity (Wildman–Crippen MR) is 89.1 cm³/mol. The smallest absolute Gasteiger partial charge is 0.160 e. The number of thioether (sulfide) groups is 1. The zero-order chi connectivity index (χ0) is 14.8. The van der Waals surface area contributed by atoms with Crippen LogP contribution in [0.15, 0.2) is 41.1 Å². The second-order valence-corrected chi connectivity index (χ2v) is 7.02. The Morgan fingerprint density at radius 2 is 2.14 bits per heavy atom. The molecule has 0 N–H and O–H groups in total. The zero-order valence-electron chi connectivity index (χ0n) is 12.4. The van der Waals surface area contributed by atoms with E-state index in [-0.39, 0.29) is 0 Å². The quantitative estimate of drug-likeness (QED) is 0.735. The number of pyridine rings is 1. The molecule has 0 radical (unpaired) electrons. The standard InChI is InChI=1S/C17H19N3OS/c1-4-15-17(18-7-1)20(12-14-3-2-8-21-14)16(19-15)11-13-5-9-22-10-6-13/h1-4,7-8,13H,5-6,9-12H2. The van der Waals surface area contributed by atoms with Crippen LogP contribution < -0.4 is 0 Å². The van der Waals surface area contributed by atoms with Gasteiger partial charge in [-0.25, -0.2) is 9.97 Å². The number of aromatic nitrogens is 3. The van der Waals surface area contributed by atoms with Gasteiger partial charge in [-0.05, 0) is 54.5 Å². The Balaban J connectivity index is 1.69. The minimum atomic E-state index is 0.706. The van der Waals surface area contributed by atoms with E-state index < -0.39 is 0 Å². The van der Waals surface area contributed by atoms with Crippen molar-refractivity contribution in [3.05, 3.63) is 48.3 Å². The molecule has 0 aromatic carbocycles. The maximum Gasteiger partial charge on any atom is 0.160 e. The molecule has 1 aliphatic rings. The lowest BCUT2D eigenvalue weighted by molar-refractivity contribution is 0.454. The van der Waals surface area contributed by atoms with Gasteiger partial charge in [0.2, 0.25) is 0 Å². The summed E-state index contributed by atoms with van der Waals surface area (Å²) in [5.74, 6) is 5.39. The number of rotatable bonds is 4. The van der Waals surface area contributed by atoms with Crippen molar-refractivity contribution in [3.8, 4) is 0 Å². The molecule has 1 saturated heterocycles. The molecule has 1 aliphatic heterocycles. The maximum atomic E-state index is 5.52. The Bertz CT molecular complexity index is 744. The summed E-state index contributed by atoms with van der Waals surface area (Å²) >= 11 is 2.07. The number of fused-ring (bicyclic) bond motifs is 1. The molecule has 0 amide bonds. The molecule has 1 fully saturated rings. The largest absolute Gasteiger partial charge is 0.467 e. The van der Waals surface area contributed by atoms with Crippen LogP contribution in [-0.4, -0.2) is 26.0 Å². The zero-order valence-corrected chi connectivity index (χ0v) is 13.3. The van der Waals surface area contributed by atoms with Crippen molar-refractivity contribution in [2.24, 2.45) is 5.92 Å². The summed E-state index contributed by atoms with van der Waals surface area (Å²) in [4.78, 5) is 9.37. The van der Waals surface area contributed by atoms with E-state index in [4.69, 9.17) is 9.40 Å². The van der Waals surface area contributed by atoms with E-state index in [1.165, 1.54) is 24.3 Å². The number of furan rings is 1. The minimum absolute atomic E-state index is 0.706. The highest BCUT2D eigenvalue weighted by molar-refractivity contribution is 7.99. The van der Waals surface area contributed by atoms with Crippen molar-refractivity contribution in [1.82, 2.24) is 14.5 Å². The summed E-state index contributed by atoms with van der Waals surface area (Å²) in [7, 11) is 0. The third kappa shape index (κ3) is 2.77. The average molecular weight is 313 g/mol. The van der Waals surface area contributed by atoms with E-state index in [0.29, 0.717) is 6.54 Å². The predicted octanol–water partition coefficient (Wildman–Crippen LogP) is 3.76. The third-order valence-corrected chi connectivity index (χ3v) is 5.34. The Hall–Kier alpha value is -1.75. The lowest BCUT2D eigenvalue weighted by Crippen LogP contribution is -2.16. The monoisotopic (exact) mass is 313 g/mol. The molecule has 0 atom stereocenters. The van der Waals surface area contributed by atoms with Crippen LogP contribution >= 0.6 is 11.8 Å². The van der Waals surface area contributed by atoms with E-state index in [0.717, 1.165) is 35.1 Å². The summed E-state index contributed by atoms with van der Waals surface area (Å²) in [5, 5.41) is 0. The molecule has 4 rings (SSSR count). The summed E-state index contributed by atoms with van der Waals surface area (Å²) < 4.78 is 7.74. The van der Waals surface area contributed by atoms with Crippen molar-refractivity contribution < 1.29 is 4.42 Å². The molecule has 3 aromatic heterocycles. The first kappa shape index (κ1) is 13.9. The maximum absolute atomic E-state index is 5.52. The number of hydrogen-bond acceptors (Lipinski definition) is 4. The van der Waals surface area contributed by atoms with Gasteiger partial charge in [-0.2, -0.15) is 11.8 Å². The minimum Gasteiger partial charge on any atom is -0.467 e. The molecule has 4 heterocycles. The van der Waals surface area contributed by atoms with Crippen LogP contribution in [0.4, 0.5) is 0 Å². The van der Waals surface area contributed by atoms with Gasteiger partial charge in [0.15, 0.2) is 5.65 Å². The molecule has 0 aliphatic carbocycles. The third-order valence-electron chi connectivity index (χ3n) is 4.29. The van der Waals surface area contributed by atoms with Crippen molar-refractivity contribution in [3.63, 3.8) is 0 Å². The number of hydrogen-bond donors (Lipinski definition) is 0. The van der Waals surface area contributed by atoms with Crippen LogP contribution in [0.1, 0.15) is 24.4 Å². The van der Waals surface area contributed by atoms with Crippen molar-refractivity contribution >= 4 is 22.9 Å². The molecule has 3 aromatic rings. The van der Waals surface area contributed by atoms with Gasteiger partial charge in [-0.3, -0.25) is 0 Å². The molecule has 0 bridgehead atoms. The van der Waals surface area contributed by atoms with Crippen molar-refractivity contribution in [1.29, 1.82) is 0 Å². The Labute approximate surface area is 133 Å². The molecule has 4 nitrogen and oxygen atoms in total. The summed E-state index contributed by atoms with van der Waals surface area (Å²) in [6.45, 7) is 0.706. The molecule has 5 heteroatoms. The molecule has 0 unspecified atom stereocenters. The first-order valence-electron chi connectivity index (χ1n) is 7.80. The summed E-state index contributed by atoms with van der Waals surface area (Å²) in [5.41, 5.74) is 1.94. The Morgan fingerprint density at radius 1 is 1.23 bits per heavy atom. The second-order valence-electron chi connectivity index (χ2n) is 5.80. The fourth-order valence-corrected chi connectivity index (χ4v) is 4.30. The van der Waals surface area contributed by atoms with Gasteiger partial charge in [0.25, 0.3) is 0 Å². The lowest BCUT2D eigenvalue weighted by Gasteiger charge is -2.21. The highest BCUT2D eigenvalue weighted by Gasteiger charge is 2.19. The van der Waals surface area contributed by atoms with E-state index in [1.807, 2.05) is 30.5 Å². The molecule has 114 valence electrons. The topological polar surface area (TPSA) is 43.9 Å². The average Bonchev–Trinajstić information content (AvgIpc) is 3.18. The summed E-state index contributed by atoms with van der Waals surface area (Å²) in [6.07, 6.45) is 7.19. The van der Waals surface area contributed by atoms with Gasteiger partial charge in [0.1, 0.15) is 17.1 Å². The van der Waals surface area contributed by atoms with Crippen LogP contribution in [0.5, 0.6) is 0 Å². The van der Waals surface area contributed by atoms with E-state index in [9.17, 15) is 0 Å². The van der Waals surface area contributed by atoms with Crippen LogP contribution in [0.3, 0.4) is 0 Å². The molecular formula is C17H19N3OS. The van der Waals surface area contributed by atoms with Crippen LogP contribution in [0, 0.1) is 5.92 Å². The van der Waals surface area contributed by atoms with Crippen molar-refractivity contribution in [2.45, 2.75) is 25.8 Å². The van der Waals surface area contributed by atoms with Gasteiger partial charge >= 0.3 is 0 Å². The van der Waals surface area contributed by atoms with Crippen LogP contribution in [-0.2, 0) is 13.0 Å². The normalized spacial score (nSPS) is 16.4. The van der Waals surface area contributed by atoms with E-state index in [1.54, 1.807) is 6.26 Å². The fourth-order valence-electron chi connectivity index (χ4n) is 3.09. The highest BCUT2D eigenvalue weighted by Crippen LogP contribution is 2.27. The van der Waals surface area contributed by atoms with E-state index >= 15 is 0 Å². The SMILES string of the molecule is c1coc(Cn2c(CC3CCSCC3)nc3cccnc32)c1. The Morgan fingerprint density at radius 3 is 2.95 bits per heavy atom. The van der Waals surface area contributed by atoms with Gasteiger partial charge in [0.05, 0.1) is 12.8 Å². The first-order valence-corrected chi connectivity index (χ1v) is 8.96. The first-order chi connectivity index (χ1) is 10.9. The molecule has 0 spiro atoms. The highest BCUT2D eigenvalue weighted by atomic mass is 32.2. The van der Waals surface area contributed by atoms with Gasteiger partial charge < -0.3 is 8.98 Å². The van der Waals surface area contributed by atoms with Crippen molar-refractivity contribution in [2.75, 3.05) is 11.5 Å². The number of imidazole rings is 1. The number of nitrogens with zero attached hydrogens (tertiary/aromatic N) is 3.